The number of rotatable bonds is 9. The van der Waals surface area contributed by atoms with E-state index in [9.17, 15) is 0 Å². The van der Waals surface area contributed by atoms with Gasteiger partial charge < -0.3 is 19.9 Å². The van der Waals surface area contributed by atoms with Gasteiger partial charge in [-0.3, -0.25) is 4.99 Å². The fourth-order valence-corrected chi connectivity index (χ4v) is 2.10. The Morgan fingerprint density at radius 3 is 2.59 bits per heavy atom. The lowest BCUT2D eigenvalue weighted by molar-refractivity contribution is 0.0258. The number of nitrogens with one attached hydrogen (secondary N) is 2. The normalized spacial score (nSPS) is 12.9. The molecule has 0 fully saturated rings. The van der Waals surface area contributed by atoms with Gasteiger partial charge in [0.15, 0.2) is 5.96 Å². The van der Waals surface area contributed by atoms with Gasteiger partial charge in [-0.05, 0) is 19.3 Å². The van der Waals surface area contributed by atoms with E-state index in [-0.39, 0.29) is 24.0 Å². The summed E-state index contributed by atoms with van der Waals surface area (Å²) in [6.45, 7) is 9.73. The van der Waals surface area contributed by atoms with Gasteiger partial charge in [0, 0.05) is 45.7 Å². The van der Waals surface area contributed by atoms with Crippen molar-refractivity contribution >= 4 is 29.9 Å². The molecule has 0 saturated carbocycles. The van der Waals surface area contributed by atoms with Crippen molar-refractivity contribution in [3.05, 3.63) is 18.7 Å². The molecule has 0 aliphatic carbocycles. The van der Waals surface area contributed by atoms with Gasteiger partial charge in [0.2, 0.25) is 0 Å². The maximum atomic E-state index is 5.74. The Morgan fingerprint density at radius 2 is 2.05 bits per heavy atom. The minimum absolute atomic E-state index is 0. The second-order valence-corrected chi connectivity index (χ2v) is 5.25. The van der Waals surface area contributed by atoms with Crippen molar-refractivity contribution in [1.29, 1.82) is 0 Å². The first-order chi connectivity index (χ1) is 10.2. The summed E-state index contributed by atoms with van der Waals surface area (Å²) in [7, 11) is 1.79. The fraction of sp³-hybridized carbons (Fsp3) is 0.733. The van der Waals surface area contributed by atoms with Crippen LogP contribution < -0.4 is 10.6 Å². The molecule has 0 aliphatic rings. The molecule has 1 rings (SSSR count). The zero-order valence-electron chi connectivity index (χ0n) is 14.1. The van der Waals surface area contributed by atoms with Crippen LogP contribution in [0.3, 0.4) is 0 Å². The van der Waals surface area contributed by atoms with Gasteiger partial charge in [0.05, 0.1) is 12.4 Å². The number of imidazole rings is 1. The Morgan fingerprint density at radius 1 is 1.32 bits per heavy atom. The molecule has 0 aromatic carbocycles. The van der Waals surface area contributed by atoms with Crippen LogP contribution in [-0.4, -0.2) is 48.4 Å². The molecule has 1 unspecified atom stereocenters. The molecule has 1 atom stereocenters. The van der Waals surface area contributed by atoms with E-state index in [2.05, 4.69) is 34.5 Å². The van der Waals surface area contributed by atoms with E-state index in [1.165, 1.54) is 0 Å². The lowest BCUT2D eigenvalue weighted by Gasteiger charge is -2.21. The lowest BCUT2D eigenvalue weighted by atomic mass is 10.0. The molecule has 0 radical (unpaired) electrons. The van der Waals surface area contributed by atoms with E-state index in [0.29, 0.717) is 12.0 Å². The average molecular weight is 423 g/mol. The molecule has 0 saturated heterocycles. The standard InChI is InChI=1S/C15H29N5O.HI/c1-5-21-14(13(2)3)6-7-18-15(16-4)19-9-11-20-10-8-17-12-20;/h8,10,12-14H,5-7,9,11H2,1-4H3,(H2,16,18,19);1H. The van der Waals surface area contributed by atoms with Gasteiger partial charge >= 0.3 is 0 Å². The molecule has 2 N–H and O–H groups in total. The van der Waals surface area contributed by atoms with Gasteiger partial charge in [-0.2, -0.15) is 0 Å². The van der Waals surface area contributed by atoms with Crippen LogP contribution in [0, 0.1) is 5.92 Å². The Bertz CT molecular complexity index is 395. The van der Waals surface area contributed by atoms with Crippen molar-refractivity contribution in [3.8, 4) is 0 Å². The van der Waals surface area contributed by atoms with Crippen molar-refractivity contribution in [3.63, 3.8) is 0 Å². The van der Waals surface area contributed by atoms with Gasteiger partial charge in [-0.1, -0.05) is 13.8 Å². The molecule has 1 aromatic heterocycles. The zero-order chi connectivity index (χ0) is 15.5. The Hall–Kier alpha value is -0.830. The van der Waals surface area contributed by atoms with Crippen molar-refractivity contribution < 1.29 is 4.74 Å². The summed E-state index contributed by atoms with van der Waals surface area (Å²) in [5.74, 6) is 1.36. The lowest BCUT2D eigenvalue weighted by Crippen LogP contribution is -2.40. The van der Waals surface area contributed by atoms with Gasteiger partial charge in [0.1, 0.15) is 0 Å². The second kappa shape index (κ2) is 12.7. The highest BCUT2D eigenvalue weighted by atomic mass is 127. The summed E-state index contributed by atoms with van der Waals surface area (Å²) in [4.78, 5) is 8.24. The molecule has 6 nitrogen and oxygen atoms in total. The van der Waals surface area contributed by atoms with Crippen molar-refractivity contribution in [2.75, 3.05) is 26.7 Å². The first kappa shape index (κ1) is 21.2. The third kappa shape index (κ3) is 8.57. The Labute approximate surface area is 151 Å². The smallest absolute Gasteiger partial charge is 0.191 e. The third-order valence-corrected chi connectivity index (χ3v) is 3.29. The predicted octanol–water partition coefficient (Wildman–Crippen LogP) is 2.12. The van der Waals surface area contributed by atoms with E-state index in [0.717, 1.165) is 38.6 Å². The first-order valence-electron chi connectivity index (χ1n) is 7.69. The van der Waals surface area contributed by atoms with E-state index < -0.39 is 0 Å². The minimum atomic E-state index is 0. The summed E-state index contributed by atoms with van der Waals surface area (Å²) >= 11 is 0. The SMILES string of the molecule is CCOC(CCNC(=NC)NCCn1ccnc1)C(C)C.I. The Balaban J connectivity index is 0.00000441. The largest absolute Gasteiger partial charge is 0.378 e. The van der Waals surface area contributed by atoms with Crippen LogP contribution >= 0.6 is 24.0 Å². The first-order valence-corrected chi connectivity index (χ1v) is 7.69. The summed E-state index contributed by atoms with van der Waals surface area (Å²) in [6, 6.07) is 0. The molecule has 0 aliphatic heterocycles. The van der Waals surface area contributed by atoms with E-state index in [1.54, 1.807) is 13.2 Å². The Kier molecular flexibility index (Phi) is 12.2. The van der Waals surface area contributed by atoms with Gasteiger partial charge in [0.25, 0.3) is 0 Å². The molecule has 0 bridgehead atoms. The summed E-state index contributed by atoms with van der Waals surface area (Å²) in [5, 5.41) is 6.62. The van der Waals surface area contributed by atoms with Crippen LogP contribution in [0.1, 0.15) is 27.2 Å². The van der Waals surface area contributed by atoms with E-state index >= 15 is 0 Å². The second-order valence-electron chi connectivity index (χ2n) is 5.25. The molecule has 0 amide bonds. The van der Waals surface area contributed by atoms with Crippen LogP contribution in [0.5, 0.6) is 0 Å². The van der Waals surface area contributed by atoms with E-state index in [1.807, 2.05) is 24.0 Å². The van der Waals surface area contributed by atoms with Crippen LogP contribution in [0.25, 0.3) is 0 Å². The number of hydrogen-bond acceptors (Lipinski definition) is 3. The molecular formula is C15H30IN5O. The fourth-order valence-electron chi connectivity index (χ4n) is 2.10. The number of guanidine groups is 1. The van der Waals surface area contributed by atoms with Crippen LogP contribution in [-0.2, 0) is 11.3 Å². The quantitative estimate of drug-likeness (QED) is 0.363. The highest BCUT2D eigenvalue weighted by molar-refractivity contribution is 14.0. The maximum absolute atomic E-state index is 5.74. The number of aliphatic imine (C=N–C) groups is 1. The highest BCUT2D eigenvalue weighted by Gasteiger charge is 2.12. The van der Waals surface area contributed by atoms with Crippen LogP contribution in [0.4, 0.5) is 0 Å². The maximum Gasteiger partial charge on any atom is 0.191 e. The summed E-state index contributed by atoms with van der Waals surface area (Å²) < 4.78 is 7.77. The summed E-state index contributed by atoms with van der Waals surface area (Å²) in [6.07, 6.45) is 6.83. The molecule has 22 heavy (non-hydrogen) atoms. The van der Waals surface area contributed by atoms with Gasteiger partial charge in [-0.15, -0.1) is 24.0 Å². The van der Waals surface area contributed by atoms with Crippen molar-refractivity contribution in [2.45, 2.75) is 39.8 Å². The number of nitrogens with zero attached hydrogens (tertiary/aromatic N) is 3. The number of halogens is 1. The summed E-state index contributed by atoms with van der Waals surface area (Å²) in [5.41, 5.74) is 0. The molecular weight excluding hydrogens is 393 g/mol. The molecule has 1 heterocycles. The number of hydrogen-bond donors (Lipinski definition) is 2. The van der Waals surface area contributed by atoms with E-state index in [4.69, 9.17) is 4.74 Å². The molecule has 128 valence electrons. The zero-order valence-corrected chi connectivity index (χ0v) is 16.4. The van der Waals surface area contributed by atoms with Crippen molar-refractivity contribution in [1.82, 2.24) is 20.2 Å². The minimum Gasteiger partial charge on any atom is -0.378 e. The molecule has 1 aromatic rings. The van der Waals surface area contributed by atoms with Gasteiger partial charge in [-0.25, -0.2) is 4.98 Å². The number of aromatic nitrogens is 2. The number of ether oxygens (including phenoxy) is 1. The van der Waals surface area contributed by atoms with Crippen molar-refractivity contribution in [2.24, 2.45) is 10.9 Å². The average Bonchev–Trinajstić information content (AvgIpc) is 2.97. The highest BCUT2D eigenvalue weighted by Crippen LogP contribution is 2.09. The van der Waals surface area contributed by atoms with Crippen LogP contribution in [0.15, 0.2) is 23.7 Å². The van der Waals surface area contributed by atoms with Crippen LogP contribution in [0.2, 0.25) is 0 Å². The topological polar surface area (TPSA) is 63.5 Å². The third-order valence-electron chi connectivity index (χ3n) is 3.29. The monoisotopic (exact) mass is 423 g/mol. The predicted molar refractivity (Wildman–Crippen MR) is 102 cm³/mol. The molecule has 7 heteroatoms. The molecule has 0 spiro atoms.